The summed E-state index contributed by atoms with van der Waals surface area (Å²) >= 11 is 0. The summed E-state index contributed by atoms with van der Waals surface area (Å²) in [5.74, 6) is 0.662. The molecule has 3 N–H and O–H groups in total. The Morgan fingerprint density at radius 3 is 2.81 bits per heavy atom. The quantitative estimate of drug-likeness (QED) is 0.852. The zero-order valence-corrected chi connectivity index (χ0v) is 12.0. The van der Waals surface area contributed by atoms with Crippen molar-refractivity contribution in [3.63, 3.8) is 0 Å². The van der Waals surface area contributed by atoms with Gasteiger partial charge in [-0.25, -0.2) is 9.37 Å². The summed E-state index contributed by atoms with van der Waals surface area (Å²) in [5, 5.41) is 0. The first-order chi connectivity index (χ1) is 10.2. The molecule has 0 unspecified atom stereocenters. The number of hydrogen-bond donors (Lipinski definition) is 2. The fourth-order valence-corrected chi connectivity index (χ4v) is 2.08. The summed E-state index contributed by atoms with van der Waals surface area (Å²) in [7, 11) is 0. The number of rotatable bonds is 6. The zero-order chi connectivity index (χ0) is 15.2. The van der Waals surface area contributed by atoms with Gasteiger partial charge in [0, 0.05) is 19.0 Å². The van der Waals surface area contributed by atoms with E-state index in [4.69, 9.17) is 5.73 Å². The summed E-state index contributed by atoms with van der Waals surface area (Å²) in [6, 6.07) is 7.81. The summed E-state index contributed by atoms with van der Waals surface area (Å²) in [4.78, 5) is 20.5. The van der Waals surface area contributed by atoms with Crippen molar-refractivity contribution < 1.29 is 4.39 Å². The molecular weight excluding hydrogens is 271 g/mol. The Bertz CT molecular complexity index is 656. The predicted molar refractivity (Wildman–Crippen MR) is 81.3 cm³/mol. The second-order valence-corrected chi connectivity index (χ2v) is 4.65. The number of benzene rings is 1. The molecule has 1 aromatic carbocycles. The molecule has 5 nitrogen and oxygen atoms in total. The van der Waals surface area contributed by atoms with Crippen LogP contribution >= 0.6 is 0 Å². The van der Waals surface area contributed by atoms with Crippen LogP contribution in [0.1, 0.15) is 19.2 Å². The van der Waals surface area contributed by atoms with Gasteiger partial charge in [0.05, 0.1) is 5.69 Å². The highest BCUT2D eigenvalue weighted by Crippen LogP contribution is 2.25. The zero-order valence-electron chi connectivity index (χ0n) is 12.0. The lowest BCUT2D eigenvalue weighted by Gasteiger charge is -2.24. The first-order valence-electron chi connectivity index (χ1n) is 6.98. The van der Waals surface area contributed by atoms with E-state index in [1.54, 1.807) is 23.1 Å². The van der Waals surface area contributed by atoms with Crippen molar-refractivity contribution in [2.45, 2.75) is 19.8 Å². The molecule has 0 aliphatic carbocycles. The molecular formula is C15H19FN4O. The molecule has 0 saturated heterocycles. The number of aromatic amines is 1. The van der Waals surface area contributed by atoms with E-state index < -0.39 is 0 Å². The van der Waals surface area contributed by atoms with Gasteiger partial charge in [0.1, 0.15) is 17.5 Å². The number of H-pyrrole nitrogens is 1. The van der Waals surface area contributed by atoms with E-state index in [1.807, 2.05) is 6.92 Å². The predicted octanol–water partition coefficient (Wildman–Crippen LogP) is 1.96. The average molecular weight is 290 g/mol. The van der Waals surface area contributed by atoms with Gasteiger partial charge in [-0.3, -0.25) is 4.79 Å². The molecule has 0 amide bonds. The van der Waals surface area contributed by atoms with E-state index in [1.165, 1.54) is 12.1 Å². The lowest BCUT2D eigenvalue weighted by molar-refractivity contribution is 0.622. The number of aromatic nitrogens is 2. The van der Waals surface area contributed by atoms with Gasteiger partial charge in [-0.15, -0.1) is 0 Å². The second kappa shape index (κ2) is 6.99. The molecule has 0 radical (unpaired) electrons. The molecule has 21 heavy (non-hydrogen) atoms. The minimum absolute atomic E-state index is 0.245. The topological polar surface area (TPSA) is 75.0 Å². The molecule has 112 valence electrons. The molecule has 6 heteroatoms. The molecule has 0 saturated carbocycles. The van der Waals surface area contributed by atoms with Crippen LogP contribution in [-0.2, 0) is 6.42 Å². The van der Waals surface area contributed by atoms with Crippen LogP contribution in [0, 0.1) is 5.82 Å². The third kappa shape index (κ3) is 3.66. The van der Waals surface area contributed by atoms with E-state index in [9.17, 15) is 9.18 Å². The number of nitrogens with one attached hydrogen (secondary N) is 1. The molecule has 0 atom stereocenters. The standard InChI is InChI=1S/C15H19FN4O/c1-2-13-18-14(10-15(21)19-13)20(9-5-8-17)12-7-4-3-6-11(12)16/h3-4,6-7,10H,2,5,8-9,17H2,1H3,(H,18,19,21). The Kier molecular flexibility index (Phi) is 5.05. The van der Waals surface area contributed by atoms with Crippen LogP contribution in [0.25, 0.3) is 0 Å². The van der Waals surface area contributed by atoms with Crippen molar-refractivity contribution >= 4 is 11.5 Å². The minimum atomic E-state index is -0.352. The van der Waals surface area contributed by atoms with E-state index in [2.05, 4.69) is 9.97 Å². The Hall–Kier alpha value is -2.21. The Labute approximate surface area is 122 Å². The number of nitrogens with zero attached hydrogens (tertiary/aromatic N) is 2. The average Bonchev–Trinajstić information content (AvgIpc) is 2.48. The Morgan fingerprint density at radius 1 is 1.38 bits per heavy atom. The lowest BCUT2D eigenvalue weighted by atomic mass is 10.2. The molecule has 0 aliphatic rings. The highest BCUT2D eigenvalue weighted by Gasteiger charge is 2.15. The van der Waals surface area contributed by atoms with Gasteiger partial charge in [0.25, 0.3) is 5.56 Å². The maximum Gasteiger partial charge on any atom is 0.252 e. The fourth-order valence-electron chi connectivity index (χ4n) is 2.08. The van der Waals surface area contributed by atoms with Crippen molar-refractivity contribution in [1.82, 2.24) is 9.97 Å². The summed E-state index contributed by atoms with van der Waals surface area (Å²) in [6.07, 6.45) is 1.27. The number of hydrogen-bond acceptors (Lipinski definition) is 4. The smallest absolute Gasteiger partial charge is 0.252 e. The van der Waals surface area contributed by atoms with Crippen molar-refractivity contribution in [2.75, 3.05) is 18.0 Å². The van der Waals surface area contributed by atoms with Gasteiger partial charge in [0.15, 0.2) is 0 Å². The van der Waals surface area contributed by atoms with Crippen LogP contribution < -0.4 is 16.2 Å². The monoisotopic (exact) mass is 290 g/mol. The summed E-state index contributed by atoms with van der Waals surface area (Å²) in [5.41, 5.74) is 5.70. The normalized spacial score (nSPS) is 10.6. The Balaban J connectivity index is 2.48. The van der Waals surface area contributed by atoms with Gasteiger partial charge in [-0.2, -0.15) is 0 Å². The number of para-hydroxylation sites is 1. The van der Waals surface area contributed by atoms with Crippen LogP contribution in [0.15, 0.2) is 35.1 Å². The number of halogens is 1. The highest BCUT2D eigenvalue weighted by atomic mass is 19.1. The number of nitrogens with two attached hydrogens (primary N) is 1. The van der Waals surface area contributed by atoms with Crippen LogP contribution in [0.5, 0.6) is 0 Å². The minimum Gasteiger partial charge on any atom is -0.330 e. The van der Waals surface area contributed by atoms with Crippen LogP contribution in [0.2, 0.25) is 0 Å². The van der Waals surface area contributed by atoms with Crippen LogP contribution in [0.3, 0.4) is 0 Å². The third-order valence-corrected chi connectivity index (χ3v) is 3.12. The maximum atomic E-state index is 14.0. The lowest BCUT2D eigenvalue weighted by Crippen LogP contribution is -2.25. The van der Waals surface area contributed by atoms with Crippen molar-refractivity contribution in [3.8, 4) is 0 Å². The van der Waals surface area contributed by atoms with E-state index >= 15 is 0 Å². The van der Waals surface area contributed by atoms with Gasteiger partial charge < -0.3 is 15.6 Å². The van der Waals surface area contributed by atoms with Gasteiger partial charge in [-0.05, 0) is 25.1 Å². The molecule has 0 spiro atoms. The van der Waals surface area contributed by atoms with Gasteiger partial charge >= 0.3 is 0 Å². The van der Waals surface area contributed by atoms with Crippen LogP contribution in [0.4, 0.5) is 15.9 Å². The first-order valence-corrected chi connectivity index (χ1v) is 6.98. The van der Waals surface area contributed by atoms with E-state index in [-0.39, 0.29) is 11.4 Å². The number of anilines is 2. The van der Waals surface area contributed by atoms with Crippen molar-refractivity contribution in [3.05, 3.63) is 52.3 Å². The molecule has 2 aromatic rings. The molecule has 0 fully saturated rings. The molecule has 0 aliphatic heterocycles. The SMILES string of the molecule is CCc1nc(N(CCCN)c2ccccc2F)cc(=O)[nH]1. The van der Waals surface area contributed by atoms with Gasteiger partial charge in [0.2, 0.25) is 0 Å². The number of aryl methyl sites for hydroxylation is 1. The van der Waals surface area contributed by atoms with Crippen molar-refractivity contribution in [2.24, 2.45) is 5.73 Å². The Morgan fingerprint density at radius 2 is 2.14 bits per heavy atom. The highest BCUT2D eigenvalue weighted by molar-refractivity contribution is 5.60. The van der Waals surface area contributed by atoms with Gasteiger partial charge in [-0.1, -0.05) is 19.1 Å². The molecule has 1 aromatic heterocycles. The molecule has 2 rings (SSSR count). The fraction of sp³-hybridized carbons (Fsp3) is 0.333. The molecule has 0 bridgehead atoms. The first kappa shape index (κ1) is 15.2. The maximum absolute atomic E-state index is 14.0. The van der Waals surface area contributed by atoms with E-state index in [0.717, 1.165) is 0 Å². The van der Waals surface area contributed by atoms with E-state index in [0.29, 0.717) is 43.3 Å². The molecule has 1 heterocycles. The third-order valence-electron chi connectivity index (χ3n) is 3.12. The summed E-state index contributed by atoms with van der Waals surface area (Å²) < 4.78 is 14.0. The van der Waals surface area contributed by atoms with Crippen LogP contribution in [-0.4, -0.2) is 23.1 Å². The second-order valence-electron chi connectivity index (χ2n) is 4.65. The largest absolute Gasteiger partial charge is 0.330 e. The van der Waals surface area contributed by atoms with Crippen molar-refractivity contribution in [1.29, 1.82) is 0 Å². The summed E-state index contributed by atoms with van der Waals surface area (Å²) in [6.45, 7) is 2.88.